The number of allylic oxidation sites excluding steroid dienone is 4. The fraction of sp³-hybridized carbons (Fsp3) is 0.724. The predicted octanol–water partition coefficient (Wildman–Crippen LogP) is 2.88. The van der Waals surface area contributed by atoms with Crippen molar-refractivity contribution in [3.8, 4) is 0 Å². The van der Waals surface area contributed by atoms with Gasteiger partial charge in [0.25, 0.3) is 0 Å². The number of hydrogen-bond acceptors (Lipinski definition) is 8. The molecule has 0 aliphatic heterocycles. The minimum absolute atomic E-state index is 0.0133. The zero-order chi connectivity index (χ0) is 28.3. The smallest absolute Gasteiger partial charge is 0.408 e. The van der Waals surface area contributed by atoms with E-state index >= 15 is 0 Å². The number of hydrogen-bond donors (Lipinski definition) is 3. The van der Waals surface area contributed by atoms with E-state index < -0.39 is 53.7 Å². The van der Waals surface area contributed by atoms with Crippen molar-refractivity contribution in [1.29, 1.82) is 0 Å². The van der Waals surface area contributed by atoms with E-state index in [1.165, 1.54) is 0 Å². The lowest BCUT2D eigenvalue weighted by molar-refractivity contribution is -0.195. The monoisotopic (exact) mass is 531 g/mol. The van der Waals surface area contributed by atoms with Crippen molar-refractivity contribution < 1.29 is 38.9 Å². The van der Waals surface area contributed by atoms with Crippen LogP contribution < -0.4 is 5.32 Å². The van der Waals surface area contributed by atoms with Crippen LogP contribution in [0.5, 0.6) is 0 Å². The van der Waals surface area contributed by atoms with Crippen LogP contribution in [-0.4, -0.2) is 64.3 Å². The largest absolute Gasteiger partial charge is 0.456 e. The van der Waals surface area contributed by atoms with E-state index in [1.54, 1.807) is 39.8 Å². The van der Waals surface area contributed by atoms with Gasteiger partial charge in [-0.25, -0.2) is 4.79 Å². The van der Waals surface area contributed by atoms with E-state index in [4.69, 9.17) is 9.47 Å². The first-order valence-electron chi connectivity index (χ1n) is 13.5. The highest BCUT2D eigenvalue weighted by atomic mass is 16.6. The number of nitrogens with one attached hydrogen (secondary N) is 1. The van der Waals surface area contributed by atoms with Crippen molar-refractivity contribution in [2.24, 2.45) is 34.5 Å². The van der Waals surface area contributed by atoms with Gasteiger partial charge in [0.05, 0.1) is 6.10 Å². The molecule has 4 unspecified atom stereocenters. The predicted molar refractivity (Wildman–Crippen MR) is 138 cm³/mol. The summed E-state index contributed by atoms with van der Waals surface area (Å²) in [4.78, 5) is 49.4. The number of aliphatic hydroxyl groups excluding tert-OH is 1. The highest BCUT2D eigenvalue weighted by Gasteiger charge is 2.69. The van der Waals surface area contributed by atoms with Crippen molar-refractivity contribution in [2.75, 3.05) is 13.2 Å². The van der Waals surface area contributed by atoms with Gasteiger partial charge in [0.1, 0.15) is 17.7 Å². The summed E-state index contributed by atoms with van der Waals surface area (Å²) in [5.74, 6) is -1.20. The Hall–Kier alpha value is -2.52. The molecule has 9 heteroatoms. The fourth-order valence-corrected chi connectivity index (χ4v) is 7.85. The van der Waals surface area contributed by atoms with Gasteiger partial charge in [-0.1, -0.05) is 32.4 Å². The van der Waals surface area contributed by atoms with Crippen LogP contribution >= 0.6 is 0 Å². The molecule has 0 aromatic carbocycles. The molecule has 0 bridgehead atoms. The van der Waals surface area contributed by atoms with Crippen molar-refractivity contribution in [3.05, 3.63) is 23.8 Å². The Bertz CT molecular complexity index is 1090. The van der Waals surface area contributed by atoms with E-state index in [1.807, 2.05) is 6.08 Å². The van der Waals surface area contributed by atoms with Crippen LogP contribution in [0.3, 0.4) is 0 Å². The maximum atomic E-state index is 13.3. The summed E-state index contributed by atoms with van der Waals surface area (Å²) < 4.78 is 10.2. The summed E-state index contributed by atoms with van der Waals surface area (Å²) in [5.41, 5.74) is -2.94. The molecule has 4 rings (SSSR count). The Labute approximate surface area is 224 Å². The number of alkyl carbamates (subject to hydrolysis) is 1. The molecule has 0 spiro atoms. The van der Waals surface area contributed by atoms with Crippen LogP contribution in [0.15, 0.2) is 23.8 Å². The highest BCUT2D eigenvalue weighted by molar-refractivity contribution is 6.01. The normalized spacial score (nSPS) is 39.8. The molecular formula is C29H41NO8. The van der Waals surface area contributed by atoms with E-state index in [2.05, 4.69) is 19.2 Å². The van der Waals surface area contributed by atoms with Crippen molar-refractivity contribution in [2.45, 2.75) is 84.5 Å². The summed E-state index contributed by atoms with van der Waals surface area (Å²) in [6.07, 6.45) is 5.54. The van der Waals surface area contributed by atoms with E-state index in [9.17, 15) is 29.4 Å². The molecule has 1 amide bonds. The average Bonchev–Trinajstić information content (AvgIpc) is 3.11. The third-order valence-corrected chi connectivity index (χ3v) is 9.72. The lowest BCUT2D eigenvalue weighted by Gasteiger charge is -2.60. The molecule has 0 heterocycles. The number of fused-ring (bicyclic) bond motifs is 5. The molecule has 4 aliphatic rings. The molecule has 3 N–H and O–H groups in total. The standard InChI is InChI=1S/C29H41NO8/c1-16-11-18-19-8-10-29(36,23(33)15-37-24(34)14-30-25(35)38-26(2,3)4)28(19,6)22(32)13-21(18)27(5)9-7-17(31)12-20(16)27/h7,9,12,16,18-19,21-22,32,36H,8,10-11,13-15H2,1-6H3,(H,30,35)/t16-,18?,19?,21?,22?,27-,28+,29-/m0/s1. The van der Waals surface area contributed by atoms with Gasteiger partial charge < -0.3 is 25.0 Å². The van der Waals surface area contributed by atoms with E-state index in [0.29, 0.717) is 12.8 Å². The van der Waals surface area contributed by atoms with Gasteiger partial charge in [-0.3, -0.25) is 14.4 Å². The Morgan fingerprint density at radius 3 is 2.50 bits per heavy atom. The molecule has 38 heavy (non-hydrogen) atoms. The van der Waals surface area contributed by atoms with Crippen LogP contribution in [0.25, 0.3) is 0 Å². The molecule has 3 fully saturated rings. The molecule has 0 aromatic rings. The topological polar surface area (TPSA) is 139 Å². The minimum atomic E-state index is -1.85. The summed E-state index contributed by atoms with van der Waals surface area (Å²) in [7, 11) is 0. The molecule has 0 radical (unpaired) electrons. The van der Waals surface area contributed by atoms with Gasteiger partial charge in [-0.05, 0) is 82.3 Å². The molecule has 3 saturated carbocycles. The number of ether oxygens (including phenoxy) is 2. The van der Waals surface area contributed by atoms with Crippen molar-refractivity contribution >= 4 is 23.6 Å². The summed E-state index contributed by atoms with van der Waals surface area (Å²) in [5, 5.41) is 25.6. The maximum absolute atomic E-state index is 13.3. The first kappa shape index (κ1) is 28.5. The van der Waals surface area contributed by atoms with Crippen LogP contribution in [0.4, 0.5) is 4.79 Å². The zero-order valence-electron chi connectivity index (χ0n) is 23.2. The summed E-state index contributed by atoms with van der Waals surface area (Å²) in [6, 6.07) is 0. The van der Waals surface area contributed by atoms with Gasteiger partial charge in [-0.2, -0.15) is 0 Å². The Kier molecular flexibility index (Phi) is 7.19. The molecule has 9 nitrogen and oxygen atoms in total. The maximum Gasteiger partial charge on any atom is 0.408 e. The number of esters is 1. The second-order valence-corrected chi connectivity index (χ2v) is 13.0. The Balaban J connectivity index is 1.46. The van der Waals surface area contributed by atoms with Crippen LogP contribution in [0.2, 0.25) is 0 Å². The van der Waals surface area contributed by atoms with Crippen molar-refractivity contribution in [1.82, 2.24) is 5.32 Å². The Morgan fingerprint density at radius 1 is 1.16 bits per heavy atom. The molecule has 210 valence electrons. The molecule has 0 saturated heterocycles. The number of carbonyl (C=O) groups is 4. The van der Waals surface area contributed by atoms with Gasteiger partial charge in [-0.15, -0.1) is 0 Å². The SMILES string of the molecule is C[C@H]1CC2C3CC[C@](O)(C(=O)COC(=O)CNC(=O)OC(C)(C)C)[C@@]3(C)C(O)CC2[C@@]2(C)C=CC(=O)C=C12. The van der Waals surface area contributed by atoms with Gasteiger partial charge >= 0.3 is 12.1 Å². The van der Waals surface area contributed by atoms with Gasteiger partial charge in [0, 0.05) is 10.8 Å². The number of Topliss-reactive ketones (excluding diaryl/α,β-unsaturated/α-hetero) is 1. The fourth-order valence-electron chi connectivity index (χ4n) is 7.85. The third-order valence-electron chi connectivity index (χ3n) is 9.72. The Morgan fingerprint density at radius 2 is 1.84 bits per heavy atom. The van der Waals surface area contributed by atoms with Crippen LogP contribution in [-0.2, 0) is 23.9 Å². The third kappa shape index (κ3) is 4.62. The molecule has 0 aromatic heterocycles. The van der Waals surface area contributed by atoms with Gasteiger partial charge in [0.15, 0.2) is 12.4 Å². The van der Waals surface area contributed by atoms with Crippen LogP contribution in [0, 0.1) is 34.5 Å². The number of aliphatic hydroxyl groups is 2. The average molecular weight is 532 g/mol. The quantitative estimate of drug-likeness (QED) is 0.460. The molecule has 8 atom stereocenters. The number of amides is 1. The number of rotatable bonds is 5. The summed E-state index contributed by atoms with van der Waals surface area (Å²) >= 11 is 0. The van der Waals surface area contributed by atoms with Gasteiger partial charge in [0.2, 0.25) is 5.78 Å². The second kappa shape index (κ2) is 9.59. The molecular weight excluding hydrogens is 490 g/mol. The lowest BCUT2D eigenvalue weighted by atomic mass is 9.45. The summed E-state index contributed by atoms with van der Waals surface area (Å²) in [6.45, 7) is 9.98. The first-order valence-corrected chi connectivity index (χ1v) is 13.5. The van der Waals surface area contributed by atoms with E-state index in [0.717, 1.165) is 12.0 Å². The van der Waals surface area contributed by atoms with Crippen LogP contribution in [0.1, 0.15) is 67.2 Å². The molecule has 4 aliphatic carbocycles. The number of carbonyl (C=O) groups excluding carboxylic acids is 4. The minimum Gasteiger partial charge on any atom is -0.456 e. The highest BCUT2D eigenvalue weighted by Crippen LogP contribution is 2.67. The second-order valence-electron chi connectivity index (χ2n) is 13.0. The number of ketones is 2. The first-order chi connectivity index (χ1) is 17.5. The zero-order valence-corrected chi connectivity index (χ0v) is 23.2. The van der Waals surface area contributed by atoms with Crippen molar-refractivity contribution in [3.63, 3.8) is 0 Å². The lowest BCUT2D eigenvalue weighted by Crippen LogP contribution is -2.64. The van der Waals surface area contributed by atoms with E-state index in [-0.39, 0.29) is 41.3 Å².